The smallest absolute Gasteiger partial charge is 0.407 e. The number of likely N-dealkylation sites (tertiary alicyclic amines) is 1. The molecule has 1 fully saturated rings. The van der Waals surface area contributed by atoms with Gasteiger partial charge in [0, 0.05) is 18.7 Å². The van der Waals surface area contributed by atoms with E-state index >= 15 is 0 Å². The molecule has 3 amide bonds. The lowest BCUT2D eigenvalue weighted by molar-refractivity contribution is -0.166. The van der Waals surface area contributed by atoms with Gasteiger partial charge in [-0.3, -0.25) is 19.3 Å². The van der Waals surface area contributed by atoms with Crippen molar-refractivity contribution in [2.75, 3.05) is 19.7 Å². The van der Waals surface area contributed by atoms with Crippen LogP contribution in [-0.2, 0) is 19.1 Å². The Morgan fingerprint density at radius 2 is 1.90 bits per heavy atom. The van der Waals surface area contributed by atoms with Gasteiger partial charge >= 0.3 is 12.1 Å². The van der Waals surface area contributed by atoms with Gasteiger partial charge in [-0.05, 0) is 45.7 Å². The monoisotopic (exact) mass is 416 g/mol. The predicted octanol–water partition coefficient (Wildman–Crippen LogP) is 2.69. The van der Waals surface area contributed by atoms with Gasteiger partial charge in [0.2, 0.25) is 5.91 Å². The van der Waals surface area contributed by atoms with Crippen molar-refractivity contribution in [3.8, 4) is 0 Å². The fourth-order valence-corrected chi connectivity index (χ4v) is 3.17. The summed E-state index contributed by atoms with van der Waals surface area (Å²) in [7, 11) is 0. The number of amides is 3. The van der Waals surface area contributed by atoms with Crippen LogP contribution in [0.1, 0.15) is 44.0 Å². The molecular weight excluding hydrogens is 388 g/mol. The number of carbonyl (C=O) groups is 4. The molecule has 162 valence electrons. The number of imide groups is 1. The van der Waals surface area contributed by atoms with E-state index < -0.39 is 34.9 Å². The number of carbonyl (C=O) groups excluding carboxylic acids is 4. The van der Waals surface area contributed by atoms with Gasteiger partial charge < -0.3 is 14.8 Å². The Labute approximate surface area is 176 Å². The van der Waals surface area contributed by atoms with E-state index in [1.54, 1.807) is 51.1 Å². The number of nitrogens with zero attached hydrogens (tertiary/aromatic N) is 1. The highest BCUT2D eigenvalue weighted by molar-refractivity contribution is 6.13. The molecular formula is C22H28N2O6. The van der Waals surface area contributed by atoms with Crippen molar-refractivity contribution in [1.82, 2.24) is 10.2 Å². The SMILES string of the molecule is C=CCOC(=O)C1(CNC(=O)OC(C)(C)C)CCCN(C(=O)c2ccccc2)C1=O. The molecule has 0 aliphatic carbocycles. The van der Waals surface area contributed by atoms with Crippen LogP contribution in [0.15, 0.2) is 43.0 Å². The first-order chi connectivity index (χ1) is 14.1. The summed E-state index contributed by atoms with van der Waals surface area (Å²) in [5.41, 5.74) is -2.13. The number of hydrogen-bond donors (Lipinski definition) is 1. The zero-order valence-electron chi connectivity index (χ0n) is 17.6. The Bertz CT molecular complexity index is 815. The highest BCUT2D eigenvalue weighted by atomic mass is 16.6. The van der Waals surface area contributed by atoms with Crippen molar-refractivity contribution in [1.29, 1.82) is 0 Å². The van der Waals surface area contributed by atoms with Gasteiger partial charge in [-0.1, -0.05) is 30.9 Å². The van der Waals surface area contributed by atoms with Crippen LogP contribution in [-0.4, -0.2) is 54.1 Å². The topological polar surface area (TPSA) is 102 Å². The summed E-state index contributed by atoms with van der Waals surface area (Å²) in [6.45, 7) is 8.35. The number of alkyl carbamates (subject to hydrolysis) is 1. The van der Waals surface area contributed by atoms with Crippen LogP contribution in [0.3, 0.4) is 0 Å². The Morgan fingerprint density at radius 3 is 2.50 bits per heavy atom. The molecule has 1 aromatic carbocycles. The number of esters is 1. The molecule has 1 aromatic rings. The molecule has 8 nitrogen and oxygen atoms in total. The van der Waals surface area contributed by atoms with Gasteiger partial charge in [0.05, 0.1) is 0 Å². The minimum absolute atomic E-state index is 0.0903. The summed E-state index contributed by atoms with van der Waals surface area (Å²) < 4.78 is 10.4. The van der Waals surface area contributed by atoms with Gasteiger partial charge in [0.25, 0.3) is 5.91 Å². The molecule has 30 heavy (non-hydrogen) atoms. The number of rotatable bonds is 6. The van der Waals surface area contributed by atoms with Crippen LogP contribution in [0.4, 0.5) is 4.79 Å². The maximum Gasteiger partial charge on any atom is 0.407 e. The summed E-state index contributed by atoms with van der Waals surface area (Å²) in [6, 6.07) is 8.34. The molecule has 0 radical (unpaired) electrons. The van der Waals surface area contributed by atoms with E-state index in [1.165, 1.54) is 6.08 Å². The molecule has 2 rings (SSSR count). The van der Waals surface area contributed by atoms with Crippen molar-refractivity contribution in [3.05, 3.63) is 48.6 Å². The summed E-state index contributed by atoms with van der Waals surface area (Å²) in [4.78, 5) is 52.3. The molecule has 1 unspecified atom stereocenters. The lowest BCUT2D eigenvalue weighted by atomic mass is 9.78. The van der Waals surface area contributed by atoms with Crippen molar-refractivity contribution in [2.24, 2.45) is 5.41 Å². The van der Waals surface area contributed by atoms with E-state index in [0.717, 1.165) is 4.90 Å². The van der Waals surface area contributed by atoms with Crippen LogP contribution in [0.2, 0.25) is 0 Å². The van der Waals surface area contributed by atoms with Gasteiger partial charge in [0.15, 0.2) is 5.41 Å². The van der Waals surface area contributed by atoms with Crippen molar-refractivity contribution >= 4 is 23.9 Å². The highest BCUT2D eigenvalue weighted by Gasteiger charge is 2.53. The van der Waals surface area contributed by atoms with Crippen LogP contribution < -0.4 is 5.32 Å². The molecule has 0 bridgehead atoms. The Balaban J connectivity index is 2.29. The van der Waals surface area contributed by atoms with Gasteiger partial charge in [-0.15, -0.1) is 0 Å². The van der Waals surface area contributed by atoms with Crippen molar-refractivity contribution < 1.29 is 28.7 Å². The maximum absolute atomic E-state index is 13.4. The molecule has 1 atom stereocenters. The third-order valence-corrected chi connectivity index (χ3v) is 4.56. The molecule has 1 heterocycles. The molecule has 0 spiro atoms. The highest BCUT2D eigenvalue weighted by Crippen LogP contribution is 2.33. The van der Waals surface area contributed by atoms with Gasteiger partial charge in [-0.25, -0.2) is 4.79 Å². The Hall–Kier alpha value is -3.16. The number of piperidine rings is 1. The lowest BCUT2D eigenvalue weighted by Crippen LogP contribution is -2.59. The lowest BCUT2D eigenvalue weighted by Gasteiger charge is -2.38. The van der Waals surface area contributed by atoms with Crippen molar-refractivity contribution in [2.45, 2.75) is 39.2 Å². The first-order valence-corrected chi connectivity index (χ1v) is 9.77. The van der Waals surface area contributed by atoms with E-state index in [0.29, 0.717) is 12.0 Å². The summed E-state index contributed by atoms with van der Waals surface area (Å²) in [6.07, 6.45) is 1.14. The van der Waals surface area contributed by atoms with E-state index in [1.807, 2.05) is 0 Å². The largest absolute Gasteiger partial charge is 0.461 e. The molecule has 1 aliphatic rings. The van der Waals surface area contributed by atoms with Crippen molar-refractivity contribution in [3.63, 3.8) is 0 Å². The quantitative estimate of drug-likeness (QED) is 0.331. The number of hydrogen-bond acceptors (Lipinski definition) is 6. The third-order valence-electron chi connectivity index (χ3n) is 4.56. The number of benzene rings is 1. The second-order valence-corrected chi connectivity index (χ2v) is 8.06. The van der Waals surface area contributed by atoms with Gasteiger partial charge in [-0.2, -0.15) is 0 Å². The molecule has 1 N–H and O–H groups in total. The Morgan fingerprint density at radius 1 is 1.23 bits per heavy atom. The van der Waals surface area contributed by atoms with Crippen LogP contribution >= 0.6 is 0 Å². The Kier molecular flexibility index (Phi) is 7.37. The number of nitrogens with one attached hydrogen (secondary N) is 1. The van der Waals surface area contributed by atoms with E-state index in [4.69, 9.17) is 9.47 Å². The van der Waals surface area contributed by atoms with E-state index in [2.05, 4.69) is 11.9 Å². The molecule has 8 heteroatoms. The first-order valence-electron chi connectivity index (χ1n) is 9.77. The first kappa shape index (κ1) is 23.1. The standard InChI is InChI=1S/C22H28N2O6/c1-5-14-29-19(27)22(15-23-20(28)30-21(2,3)4)12-9-13-24(18(22)26)17(25)16-10-7-6-8-11-16/h5-8,10-11H,1,9,12-15H2,2-4H3,(H,23,28). The average Bonchev–Trinajstić information content (AvgIpc) is 2.70. The molecule has 0 saturated carbocycles. The molecule has 1 aliphatic heterocycles. The molecule has 1 saturated heterocycles. The number of ether oxygens (including phenoxy) is 2. The van der Waals surface area contributed by atoms with E-state index in [-0.39, 0.29) is 26.1 Å². The summed E-state index contributed by atoms with van der Waals surface area (Å²) in [5.74, 6) is -2.01. The fraction of sp³-hybridized carbons (Fsp3) is 0.455. The second-order valence-electron chi connectivity index (χ2n) is 8.06. The maximum atomic E-state index is 13.4. The normalized spacial score (nSPS) is 19.0. The van der Waals surface area contributed by atoms with Crippen LogP contribution in [0.5, 0.6) is 0 Å². The zero-order chi connectivity index (χ0) is 22.4. The van der Waals surface area contributed by atoms with Crippen LogP contribution in [0, 0.1) is 5.41 Å². The molecule has 0 aromatic heterocycles. The average molecular weight is 416 g/mol. The summed E-state index contributed by atoms with van der Waals surface area (Å²) in [5, 5.41) is 2.49. The second kappa shape index (κ2) is 9.56. The third kappa shape index (κ3) is 5.46. The minimum Gasteiger partial charge on any atom is -0.461 e. The predicted molar refractivity (Wildman–Crippen MR) is 110 cm³/mol. The summed E-state index contributed by atoms with van der Waals surface area (Å²) >= 11 is 0. The van der Waals surface area contributed by atoms with E-state index in [9.17, 15) is 19.2 Å². The zero-order valence-corrected chi connectivity index (χ0v) is 17.6. The van der Waals surface area contributed by atoms with Crippen LogP contribution in [0.25, 0.3) is 0 Å². The minimum atomic E-state index is -1.72. The van der Waals surface area contributed by atoms with Gasteiger partial charge in [0.1, 0.15) is 12.2 Å². The fourth-order valence-electron chi connectivity index (χ4n) is 3.17.